The largest absolute Gasteiger partial charge is 1.00 e. The van der Waals surface area contributed by atoms with Gasteiger partial charge in [0.1, 0.15) is 11.9 Å². The summed E-state index contributed by atoms with van der Waals surface area (Å²) in [6, 6.07) is 44.6. The Kier molecular flexibility index (Phi) is 64.0. The van der Waals surface area contributed by atoms with E-state index in [1.807, 2.05) is 86.6 Å². The number of ketones is 1. The fourth-order valence-corrected chi connectivity index (χ4v) is 10.9. The first-order valence-electron chi connectivity index (χ1n) is 34.5. The van der Waals surface area contributed by atoms with Crippen molar-refractivity contribution >= 4 is 149 Å². The van der Waals surface area contributed by atoms with Gasteiger partial charge in [-0.05, 0) is 187 Å². The average molecular weight is 1900 g/mol. The van der Waals surface area contributed by atoms with Crippen LogP contribution in [-0.2, 0) is 19.0 Å². The van der Waals surface area contributed by atoms with E-state index in [1.165, 1.54) is 44.2 Å². The summed E-state index contributed by atoms with van der Waals surface area (Å²) in [6.07, 6.45) is 3.69. The molecule has 11 N–H and O–H groups in total. The number of aliphatic hydroxyl groups is 5. The molecule has 0 bridgehead atoms. The van der Waals surface area contributed by atoms with Crippen LogP contribution in [0.4, 0.5) is 18.0 Å². The SMILES string of the molecule is C1CCOC1.C1CCOC1.C=CC1(O)CCCCC1.CC.CC(C)(C)OC(=O)NCCC(=O)c1cccc(Br)c1.Cl.N#CCC(O)c1cccc(Br)c1.NCCC(O)c1cccc(Br)c1.O=Cc1cccc(Br)c1.[2H]C(O)(CCN)c1cccc(Br)c1.[2H]C(O)(CCNC(=O)C(F)(F)F)c1cccc(Br)c1.[AlH3].[H-].[Li+]. The number of hydrogen-bond donors (Lipinski definition) is 9. The van der Waals surface area contributed by atoms with Crippen LogP contribution in [-0.4, -0.2) is 137 Å². The van der Waals surface area contributed by atoms with Gasteiger partial charge in [-0.15, -0.1) is 19.0 Å². The van der Waals surface area contributed by atoms with Gasteiger partial charge in [0, 0.05) is 83.9 Å². The molecule has 2 aliphatic heterocycles. The molecule has 106 heavy (non-hydrogen) atoms. The molecule has 6 aromatic rings. The molecule has 9 rings (SSSR count). The first kappa shape index (κ1) is 104. The molecule has 0 radical (unpaired) electrons. The van der Waals surface area contributed by atoms with E-state index in [1.54, 1.807) is 98.9 Å². The van der Waals surface area contributed by atoms with Gasteiger partial charge in [0.15, 0.2) is 23.1 Å². The minimum atomic E-state index is -4.96. The topological polar surface area (TPSA) is 297 Å². The quantitative estimate of drug-likeness (QED) is 0.0167. The van der Waals surface area contributed by atoms with E-state index in [2.05, 4.69) is 107 Å². The van der Waals surface area contributed by atoms with Crippen molar-refractivity contribution in [2.24, 2.45) is 11.5 Å². The molecule has 1 saturated carbocycles. The number of aldehydes is 1. The fraction of sp³-hybridized carbons (Fsp3) is 0.442. The predicted molar refractivity (Wildman–Crippen MR) is 443 cm³/mol. The maximum atomic E-state index is 11.9. The number of alkyl halides is 3. The third-order valence-electron chi connectivity index (χ3n) is 13.7. The van der Waals surface area contributed by atoms with E-state index in [0.717, 1.165) is 91.9 Å². The van der Waals surface area contributed by atoms with Crippen molar-refractivity contribution in [2.75, 3.05) is 52.6 Å². The minimum absolute atomic E-state index is 0. The zero-order valence-electron chi connectivity index (χ0n) is 63.4. The zero-order valence-corrected chi connectivity index (χ0v) is 70.8. The number of alkyl carbamates (subject to hydrolysis) is 1. The van der Waals surface area contributed by atoms with E-state index < -0.39 is 60.3 Å². The standard InChI is InChI=1S/C14H18BrNO3.C11H11BrF3NO2.2C9H12BrNO.C9H8BrNO.C8H14O.C7H5BrO.2C4H8O.C2H6.Al.ClH.Li.4H/c1-14(2,3)19-13(18)16-8-7-12(17)10-5-4-6-11(15)9-10;12-8-3-1-2-7(6-8)9(17)4-5-16-10(18)11(13,14)15;3*10-8-3-1-2-7(6-8)9(12)4-5-11;1-2-8(9)6-4-3-5-7-8;8-7-3-1-2-6(4-7)5-9;2*1-2-4-5-3-1;1-2;;;;;;;/h4-6,9H,7-8H2,1-3H3,(H,16,18);1-3,6,9,17H,4-5H2,(H,16,18);2*1-3,6,9,12H,4-5,11H2;1-3,6,9,12H,4H2;2,9H,1,3-7H2;1-5H;2*1-4H2;1-2H3;;1H;;;;;/q;;;;;;;;;;;;+1;;;;-1/i;2*9D;;;;;;;;;;;;;;. The number of rotatable bonds is 18. The Morgan fingerprint density at radius 1 is 0.632 bits per heavy atom. The summed E-state index contributed by atoms with van der Waals surface area (Å²) in [7, 11) is 0. The van der Waals surface area contributed by atoms with Gasteiger partial charge in [0.2, 0.25) is 0 Å². The number of amides is 2. The molecule has 3 aliphatic rings. The van der Waals surface area contributed by atoms with Crippen molar-refractivity contribution in [3.8, 4) is 6.07 Å². The van der Waals surface area contributed by atoms with E-state index in [9.17, 15) is 57.9 Å². The molecule has 2 amide bonds. The number of carbonyl (C=O) groups is 4. The summed E-state index contributed by atoms with van der Waals surface area (Å²) < 4.78 is 71.2. The van der Waals surface area contributed by atoms with Crippen LogP contribution < -0.4 is 41.0 Å². The molecule has 29 heteroatoms. The van der Waals surface area contributed by atoms with Crippen molar-refractivity contribution in [3.05, 3.63) is 218 Å². The summed E-state index contributed by atoms with van der Waals surface area (Å²) in [5.74, 6) is -2.10. The van der Waals surface area contributed by atoms with Crippen LogP contribution in [0.1, 0.15) is 196 Å². The fourth-order valence-electron chi connectivity index (χ4n) is 8.48. The molecule has 0 spiro atoms. The van der Waals surface area contributed by atoms with Crippen molar-refractivity contribution in [1.82, 2.24) is 10.6 Å². The maximum absolute atomic E-state index is 11.9. The number of nitrogens with zero attached hydrogens (tertiary/aromatic N) is 1. The number of halogens is 10. The van der Waals surface area contributed by atoms with Crippen molar-refractivity contribution in [2.45, 2.75) is 166 Å². The van der Waals surface area contributed by atoms with Crippen LogP contribution in [0.5, 0.6) is 0 Å². The van der Waals surface area contributed by atoms with E-state index in [4.69, 9.17) is 33.7 Å². The van der Waals surface area contributed by atoms with Crippen LogP contribution >= 0.6 is 108 Å². The summed E-state index contributed by atoms with van der Waals surface area (Å²) in [6.45, 7) is 17.6. The van der Waals surface area contributed by atoms with Crippen molar-refractivity contribution in [1.29, 1.82) is 5.26 Å². The second kappa shape index (κ2) is 65.0. The summed E-state index contributed by atoms with van der Waals surface area (Å²) in [4.78, 5) is 43.9. The molecule has 3 fully saturated rings. The Morgan fingerprint density at radius 2 is 1.03 bits per heavy atom. The molecule has 4 unspecified atom stereocenters. The monoisotopic (exact) mass is 1900 g/mol. The van der Waals surface area contributed by atoms with Gasteiger partial charge >= 0.3 is 37.0 Å². The number of Topliss-reactive ketones (excluding diaryl/α,β-unsaturated/α-hetero) is 1. The minimum Gasteiger partial charge on any atom is -1.00 e. The molecule has 586 valence electrons. The number of hydrogen-bond acceptors (Lipinski definition) is 15. The number of nitrogens with one attached hydrogen (secondary N) is 2. The number of ether oxygens (including phenoxy) is 3. The zero-order chi connectivity index (χ0) is 79.5. The second-order valence-electron chi connectivity index (χ2n) is 23.3. The van der Waals surface area contributed by atoms with Crippen molar-refractivity contribution in [3.63, 3.8) is 0 Å². The van der Waals surface area contributed by atoms with E-state index in [0.29, 0.717) is 40.7 Å². The van der Waals surface area contributed by atoms with Gasteiger partial charge in [0.25, 0.3) is 0 Å². The Bertz CT molecular complexity index is 3470. The van der Waals surface area contributed by atoms with Gasteiger partial charge in [-0.2, -0.15) is 18.4 Å². The second-order valence-corrected chi connectivity index (χ2v) is 28.8. The Labute approximate surface area is 708 Å². The molecule has 2 heterocycles. The van der Waals surface area contributed by atoms with Crippen LogP contribution in [0.3, 0.4) is 0 Å². The summed E-state index contributed by atoms with van der Waals surface area (Å²) in [5, 5.41) is 60.5. The Balaban J connectivity index is -0.000000378. The Morgan fingerprint density at radius 3 is 1.38 bits per heavy atom. The van der Waals surface area contributed by atoms with E-state index >= 15 is 0 Å². The molecule has 1 aliphatic carbocycles. The van der Waals surface area contributed by atoms with Crippen LogP contribution in [0.15, 0.2) is 185 Å². The van der Waals surface area contributed by atoms with Gasteiger partial charge < -0.3 is 63.3 Å². The molecule has 4 atom stereocenters. The first-order valence-corrected chi connectivity index (χ1v) is 38.2. The molecule has 2 saturated heterocycles. The number of nitrogens with two attached hydrogens (primary N) is 2. The number of aliphatic hydroxyl groups excluding tert-OH is 2. The van der Waals surface area contributed by atoms with Crippen LogP contribution in [0.2, 0.25) is 0 Å². The molecular formula is C77H107AlBr6ClF3LiN5O12. The van der Waals surface area contributed by atoms with Crippen LogP contribution in [0.25, 0.3) is 0 Å². The Hall–Kier alpha value is -3.64. The molecular weight excluding hydrogens is 1790 g/mol. The van der Waals surface area contributed by atoms with Crippen molar-refractivity contribution < 1.29 is 95.1 Å². The predicted octanol–water partition coefficient (Wildman–Crippen LogP) is 15.3. The summed E-state index contributed by atoms with van der Waals surface area (Å²) >= 11 is 19.6. The van der Waals surface area contributed by atoms with Gasteiger partial charge in [-0.25, -0.2) is 4.79 Å². The number of nitriles is 1. The molecule has 17 nitrogen and oxygen atoms in total. The summed E-state index contributed by atoms with van der Waals surface area (Å²) in [5.41, 5.74) is 13.4. The van der Waals surface area contributed by atoms with Crippen LogP contribution in [0, 0.1) is 11.3 Å². The normalized spacial score (nSPS) is 14.6. The smallest absolute Gasteiger partial charge is 1.00 e. The van der Waals surface area contributed by atoms with Gasteiger partial charge in [0.05, 0.1) is 45.2 Å². The number of benzene rings is 6. The maximum Gasteiger partial charge on any atom is 1.00 e. The van der Waals surface area contributed by atoms with Gasteiger partial charge in [-0.1, -0.05) is 208 Å². The first-order chi connectivity index (χ1) is 49.5. The molecule has 0 aromatic heterocycles. The number of carbonyl (C=O) groups excluding carboxylic acids is 4. The van der Waals surface area contributed by atoms with Gasteiger partial charge in [-0.3, -0.25) is 14.4 Å². The van der Waals surface area contributed by atoms with E-state index in [-0.39, 0.29) is 93.6 Å². The molecule has 6 aromatic carbocycles. The third kappa shape index (κ3) is 55.7. The third-order valence-corrected chi connectivity index (χ3v) is 16.7. The average Bonchev–Trinajstić information content (AvgIpc) is 1.05.